The van der Waals surface area contributed by atoms with E-state index in [0.717, 1.165) is 5.69 Å². The Bertz CT molecular complexity index is 493. The summed E-state index contributed by atoms with van der Waals surface area (Å²) in [5, 5.41) is 3.35. The van der Waals surface area contributed by atoms with Crippen LogP contribution in [0.2, 0.25) is 0 Å². The Morgan fingerprint density at radius 2 is 2.00 bits per heavy atom. The van der Waals surface area contributed by atoms with E-state index in [0.29, 0.717) is 10.9 Å². The van der Waals surface area contributed by atoms with Gasteiger partial charge in [0.1, 0.15) is 0 Å². The maximum Gasteiger partial charge on any atom is 0.242 e. The summed E-state index contributed by atoms with van der Waals surface area (Å²) < 4.78 is 25.1. The third kappa shape index (κ3) is 2.61. The molecule has 0 atom stereocenters. The van der Waals surface area contributed by atoms with Crippen molar-refractivity contribution in [3.05, 3.63) is 24.3 Å². The quantitative estimate of drug-likeness (QED) is 0.893. The number of benzene rings is 1. The number of rotatable bonds is 4. The second-order valence-electron chi connectivity index (χ2n) is 4.59. The van der Waals surface area contributed by atoms with E-state index in [2.05, 4.69) is 5.32 Å². The molecule has 0 amide bonds. The van der Waals surface area contributed by atoms with E-state index in [-0.39, 0.29) is 0 Å². The Morgan fingerprint density at radius 3 is 2.53 bits per heavy atom. The smallest absolute Gasteiger partial charge is 0.242 e. The van der Waals surface area contributed by atoms with E-state index in [1.165, 1.54) is 23.6 Å². The molecule has 1 saturated carbocycles. The standard InChI is InChI=1S/C12H18N2O2S/c1-14(2)17(15,16)12-8-4-7-11(9-12)13-10-5-3-6-10/h4,7-10,13H,3,5-6H2,1-2H3. The average Bonchev–Trinajstić information content (AvgIpc) is 2.24. The number of sulfonamides is 1. The van der Waals surface area contributed by atoms with Crippen molar-refractivity contribution in [1.29, 1.82) is 0 Å². The van der Waals surface area contributed by atoms with Gasteiger partial charge in [-0.15, -0.1) is 0 Å². The number of nitrogens with zero attached hydrogens (tertiary/aromatic N) is 1. The summed E-state index contributed by atoms with van der Waals surface area (Å²) in [7, 11) is -0.245. The Balaban J connectivity index is 2.21. The van der Waals surface area contributed by atoms with Crippen LogP contribution in [0.5, 0.6) is 0 Å². The highest BCUT2D eigenvalue weighted by atomic mass is 32.2. The van der Waals surface area contributed by atoms with E-state index >= 15 is 0 Å². The number of nitrogens with one attached hydrogen (secondary N) is 1. The second kappa shape index (κ2) is 4.66. The maximum absolute atomic E-state index is 12.0. The SMILES string of the molecule is CN(C)S(=O)(=O)c1cccc(NC2CCC2)c1. The highest BCUT2D eigenvalue weighted by Crippen LogP contribution is 2.25. The third-order valence-corrected chi connectivity index (χ3v) is 4.90. The summed E-state index contributed by atoms with van der Waals surface area (Å²) in [6.45, 7) is 0. The second-order valence-corrected chi connectivity index (χ2v) is 6.74. The molecule has 1 N–H and O–H groups in total. The third-order valence-electron chi connectivity index (χ3n) is 3.09. The molecule has 5 heteroatoms. The number of anilines is 1. The molecule has 0 heterocycles. The lowest BCUT2D eigenvalue weighted by atomic mass is 9.93. The van der Waals surface area contributed by atoms with Crippen LogP contribution >= 0.6 is 0 Å². The molecule has 0 spiro atoms. The van der Waals surface area contributed by atoms with Crippen molar-refractivity contribution in [2.45, 2.75) is 30.2 Å². The van der Waals surface area contributed by atoms with Crippen molar-refractivity contribution < 1.29 is 8.42 Å². The Morgan fingerprint density at radius 1 is 1.29 bits per heavy atom. The molecule has 1 aliphatic carbocycles. The minimum absolute atomic E-state index is 0.340. The van der Waals surface area contributed by atoms with E-state index in [9.17, 15) is 8.42 Å². The van der Waals surface area contributed by atoms with Gasteiger partial charge in [0.05, 0.1) is 4.90 Å². The number of hydrogen-bond donors (Lipinski definition) is 1. The molecular formula is C12H18N2O2S. The fourth-order valence-corrected chi connectivity index (χ4v) is 2.69. The van der Waals surface area contributed by atoms with Crippen LogP contribution in [0.25, 0.3) is 0 Å². The van der Waals surface area contributed by atoms with Gasteiger partial charge >= 0.3 is 0 Å². The molecule has 94 valence electrons. The Hall–Kier alpha value is -1.07. The summed E-state index contributed by atoms with van der Waals surface area (Å²) in [6.07, 6.45) is 3.60. The van der Waals surface area contributed by atoms with Gasteiger partial charge in [-0.2, -0.15) is 0 Å². The fraction of sp³-hybridized carbons (Fsp3) is 0.500. The molecule has 0 aromatic heterocycles. The molecule has 17 heavy (non-hydrogen) atoms. The number of hydrogen-bond acceptors (Lipinski definition) is 3. The zero-order valence-corrected chi connectivity index (χ0v) is 11.0. The summed E-state index contributed by atoms with van der Waals surface area (Å²) in [5.74, 6) is 0. The van der Waals surface area contributed by atoms with Gasteiger partial charge in [0.2, 0.25) is 10.0 Å². The van der Waals surface area contributed by atoms with Crippen LogP contribution in [0.4, 0.5) is 5.69 Å². The molecule has 4 nitrogen and oxygen atoms in total. The van der Waals surface area contributed by atoms with E-state index in [4.69, 9.17) is 0 Å². The molecule has 0 aliphatic heterocycles. The van der Waals surface area contributed by atoms with Crippen molar-refractivity contribution in [3.8, 4) is 0 Å². The lowest BCUT2D eigenvalue weighted by molar-refractivity contribution is 0.445. The van der Waals surface area contributed by atoms with Crippen LogP contribution in [0.1, 0.15) is 19.3 Å². The molecule has 1 aliphatic rings. The molecule has 1 aromatic rings. The summed E-state index contributed by atoms with van der Waals surface area (Å²) in [6, 6.07) is 7.52. The molecule has 0 saturated heterocycles. The Labute approximate surface area is 103 Å². The van der Waals surface area contributed by atoms with E-state index in [1.54, 1.807) is 32.3 Å². The highest BCUT2D eigenvalue weighted by molar-refractivity contribution is 7.89. The van der Waals surface area contributed by atoms with Crippen LogP contribution < -0.4 is 5.32 Å². The van der Waals surface area contributed by atoms with Crippen LogP contribution in [0, 0.1) is 0 Å². The van der Waals surface area contributed by atoms with Crippen LogP contribution in [-0.4, -0.2) is 32.9 Å². The largest absolute Gasteiger partial charge is 0.382 e. The first-order valence-electron chi connectivity index (χ1n) is 5.79. The van der Waals surface area contributed by atoms with Crippen molar-refractivity contribution in [2.24, 2.45) is 0 Å². The predicted octanol–water partition coefficient (Wildman–Crippen LogP) is 1.90. The van der Waals surface area contributed by atoms with Gasteiger partial charge in [-0.05, 0) is 37.5 Å². The van der Waals surface area contributed by atoms with Crippen molar-refractivity contribution >= 4 is 15.7 Å². The van der Waals surface area contributed by atoms with E-state index < -0.39 is 10.0 Å². The molecule has 1 fully saturated rings. The van der Waals surface area contributed by atoms with Crippen molar-refractivity contribution in [1.82, 2.24) is 4.31 Å². The van der Waals surface area contributed by atoms with Gasteiger partial charge in [0.15, 0.2) is 0 Å². The van der Waals surface area contributed by atoms with Gasteiger partial charge in [-0.25, -0.2) is 12.7 Å². The van der Waals surface area contributed by atoms with Gasteiger partial charge < -0.3 is 5.32 Å². The maximum atomic E-state index is 12.0. The monoisotopic (exact) mass is 254 g/mol. The van der Waals surface area contributed by atoms with Crippen LogP contribution in [-0.2, 0) is 10.0 Å². The first-order valence-corrected chi connectivity index (χ1v) is 7.23. The fourth-order valence-electron chi connectivity index (χ4n) is 1.75. The Kier molecular flexibility index (Phi) is 3.40. The zero-order chi connectivity index (χ0) is 12.5. The molecule has 0 unspecified atom stereocenters. The van der Waals surface area contributed by atoms with E-state index in [1.807, 2.05) is 6.07 Å². The summed E-state index contributed by atoms with van der Waals surface area (Å²) in [4.78, 5) is 0.340. The zero-order valence-electron chi connectivity index (χ0n) is 10.2. The molecule has 2 rings (SSSR count). The van der Waals surface area contributed by atoms with Gasteiger partial charge in [0.25, 0.3) is 0 Å². The molecular weight excluding hydrogens is 236 g/mol. The van der Waals surface area contributed by atoms with Gasteiger partial charge in [-0.1, -0.05) is 6.07 Å². The highest BCUT2D eigenvalue weighted by Gasteiger charge is 2.19. The topological polar surface area (TPSA) is 49.4 Å². The minimum atomic E-state index is -3.33. The lowest BCUT2D eigenvalue weighted by Crippen LogP contribution is -2.27. The van der Waals surface area contributed by atoms with Crippen molar-refractivity contribution in [3.63, 3.8) is 0 Å². The van der Waals surface area contributed by atoms with Gasteiger partial charge in [-0.3, -0.25) is 0 Å². The van der Waals surface area contributed by atoms with Gasteiger partial charge in [0, 0.05) is 25.8 Å². The first-order chi connectivity index (χ1) is 8.00. The normalized spacial score (nSPS) is 16.9. The molecule has 1 aromatic carbocycles. The first kappa shape index (κ1) is 12.4. The summed E-state index contributed by atoms with van der Waals surface area (Å²) in [5.41, 5.74) is 0.887. The predicted molar refractivity (Wildman–Crippen MR) is 68.6 cm³/mol. The van der Waals surface area contributed by atoms with Crippen molar-refractivity contribution in [2.75, 3.05) is 19.4 Å². The lowest BCUT2D eigenvalue weighted by Gasteiger charge is -2.27. The summed E-state index contributed by atoms with van der Waals surface area (Å²) >= 11 is 0. The average molecular weight is 254 g/mol. The van der Waals surface area contributed by atoms with Crippen LogP contribution in [0.3, 0.4) is 0 Å². The molecule has 0 bridgehead atoms. The minimum Gasteiger partial charge on any atom is -0.382 e. The van der Waals surface area contributed by atoms with Crippen LogP contribution in [0.15, 0.2) is 29.2 Å². The molecule has 0 radical (unpaired) electrons.